The third-order valence-corrected chi connectivity index (χ3v) is 5.29. The van der Waals surface area contributed by atoms with Crippen LogP contribution >= 0.6 is 31.9 Å². The van der Waals surface area contributed by atoms with Gasteiger partial charge in [-0.25, -0.2) is 0 Å². The van der Waals surface area contributed by atoms with Crippen molar-refractivity contribution in [1.82, 2.24) is 0 Å². The van der Waals surface area contributed by atoms with Gasteiger partial charge in [-0.1, -0.05) is 46.3 Å². The SMILES string of the molecule is O=C(CNc1ccc(Br)cc1C(=O)c1ccccc1)Nc1ccc([N+](=O)[O-])cc1Br. The molecule has 0 bridgehead atoms. The summed E-state index contributed by atoms with van der Waals surface area (Å²) in [6, 6.07) is 18.1. The van der Waals surface area contributed by atoms with Gasteiger partial charge >= 0.3 is 0 Å². The number of nitro benzene ring substituents is 1. The third-order valence-electron chi connectivity index (χ3n) is 4.14. The van der Waals surface area contributed by atoms with E-state index in [0.717, 1.165) is 4.47 Å². The van der Waals surface area contributed by atoms with Gasteiger partial charge in [-0.3, -0.25) is 19.7 Å². The molecule has 152 valence electrons. The van der Waals surface area contributed by atoms with E-state index in [-0.39, 0.29) is 23.9 Å². The van der Waals surface area contributed by atoms with Gasteiger partial charge in [-0.15, -0.1) is 0 Å². The molecule has 0 spiro atoms. The highest BCUT2D eigenvalue weighted by Gasteiger charge is 2.16. The number of amides is 1. The first-order chi connectivity index (χ1) is 14.3. The third kappa shape index (κ3) is 5.31. The average molecular weight is 533 g/mol. The van der Waals surface area contributed by atoms with Gasteiger partial charge in [0.2, 0.25) is 5.91 Å². The zero-order valence-corrected chi connectivity index (χ0v) is 18.6. The van der Waals surface area contributed by atoms with E-state index in [9.17, 15) is 19.7 Å². The molecular formula is C21H15Br2N3O4. The molecule has 0 saturated heterocycles. The van der Waals surface area contributed by atoms with E-state index in [1.54, 1.807) is 42.5 Å². The maximum absolute atomic E-state index is 12.9. The highest BCUT2D eigenvalue weighted by atomic mass is 79.9. The Kier molecular flexibility index (Phi) is 6.96. The minimum absolute atomic E-state index is 0.0862. The molecule has 2 N–H and O–H groups in total. The molecule has 3 aromatic rings. The van der Waals surface area contributed by atoms with Crippen molar-refractivity contribution in [3.05, 3.63) is 96.9 Å². The lowest BCUT2D eigenvalue weighted by molar-refractivity contribution is -0.384. The molecule has 30 heavy (non-hydrogen) atoms. The Balaban J connectivity index is 1.72. The van der Waals surface area contributed by atoms with Crippen molar-refractivity contribution in [2.24, 2.45) is 0 Å². The number of carbonyl (C=O) groups excluding carboxylic acids is 2. The van der Waals surface area contributed by atoms with Crippen LogP contribution in [0.15, 0.2) is 75.7 Å². The molecule has 3 aromatic carbocycles. The Bertz CT molecular complexity index is 1120. The molecule has 0 aliphatic rings. The van der Waals surface area contributed by atoms with E-state index in [2.05, 4.69) is 42.5 Å². The van der Waals surface area contributed by atoms with Gasteiger partial charge in [0, 0.05) is 37.9 Å². The van der Waals surface area contributed by atoms with Gasteiger partial charge in [-0.2, -0.15) is 0 Å². The van der Waals surface area contributed by atoms with E-state index in [0.29, 0.717) is 27.0 Å². The standard InChI is InChI=1S/C21H15Br2N3O4/c22-14-6-8-18(16(10-14)21(28)13-4-2-1-3-5-13)24-12-20(27)25-19-9-7-15(26(29)30)11-17(19)23/h1-11,24H,12H2,(H,25,27). The van der Waals surface area contributed by atoms with Crippen molar-refractivity contribution in [1.29, 1.82) is 0 Å². The maximum atomic E-state index is 12.9. The fourth-order valence-electron chi connectivity index (χ4n) is 2.69. The summed E-state index contributed by atoms with van der Waals surface area (Å²) in [4.78, 5) is 35.5. The summed E-state index contributed by atoms with van der Waals surface area (Å²) in [6.07, 6.45) is 0. The first-order valence-corrected chi connectivity index (χ1v) is 10.3. The maximum Gasteiger partial charge on any atom is 0.270 e. The number of nitrogens with one attached hydrogen (secondary N) is 2. The second kappa shape index (κ2) is 9.64. The number of rotatable bonds is 7. The Morgan fingerprint density at radius 1 is 0.933 bits per heavy atom. The van der Waals surface area contributed by atoms with Gasteiger partial charge in [0.15, 0.2) is 5.78 Å². The second-order valence-electron chi connectivity index (χ2n) is 6.21. The highest BCUT2D eigenvalue weighted by Crippen LogP contribution is 2.27. The fraction of sp³-hybridized carbons (Fsp3) is 0.0476. The monoisotopic (exact) mass is 531 g/mol. The molecule has 0 aliphatic heterocycles. The number of nitrogens with zero attached hydrogens (tertiary/aromatic N) is 1. The van der Waals surface area contributed by atoms with Gasteiger partial charge in [-0.05, 0) is 40.2 Å². The predicted molar refractivity (Wildman–Crippen MR) is 122 cm³/mol. The number of hydrogen-bond donors (Lipinski definition) is 2. The van der Waals surface area contributed by atoms with Crippen LogP contribution in [0.5, 0.6) is 0 Å². The quantitative estimate of drug-likeness (QED) is 0.241. The molecule has 9 heteroatoms. The molecule has 0 atom stereocenters. The van der Waals surface area contributed by atoms with Crippen LogP contribution in [0.25, 0.3) is 0 Å². The van der Waals surface area contributed by atoms with Crippen LogP contribution in [0, 0.1) is 10.1 Å². The average Bonchev–Trinajstić information content (AvgIpc) is 2.74. The van der Waals surface area contributed by atoms with E-state index >= 15 is 0 Å². The number of benzene rings is 3. The largest absolute Gasteiger partial charge is 0.376 e. The van der Waals surface area contributed by atoms with Crippen LogP contribution in [-0.2, 0) is 4.79 Å². The summed E-state index contributed by atoms with van der Waals surface area (Å²) >= 11 is 6.59. The Hall–Kier alpha value is -3.04. The van der Waals surface area contributed by atoms with Gasteiger partial charge in [0.1, 0.15) is 0 Å². The van der Waals surface area contributed by atoms with E-state index in [1.165, 1.54) is 18.2 Å². The van der Waals surface area contributed by atoms with Crippen molar-refractivity contribution in [2.75, 3.05) is 17.2 Å². The molecule has 0 aromatic heterocycles. The van der Waals surface area contributed by atoms with Crippen molar-refractivity contribution in [3.63, 3.8) is 0 Å². The summed E-state index contributed by atoms with van der Waals surface area (Å²) < 4.78 is 1.14. The zero-order chi connectivity index (χ0) is 21.7. The van der Waals surface area contributed by atoms with Crippen molar-refractivity contribution < 1.29 is 14.5 Å². The molecule has 0 heterocycles. The van der Waals surface area contributed by atoms with Crippen LogP contribution in [0.2, 0.25) is 0 Å². The Morgan fingerprint density at radius 3 is 2.30 bits per heavy atom. The van der Waals surface area contributed by atoms with Crippen LogP contribution in [0.1, 0.15) is 15.9 Å². The lowest BCUT2D eigenvalue weighted by atomic mass is 10.0. The summed E-state index contributed by atoms with van der Waals surface area (Å²) in [7, 11) is 0. The molecular weight excluding hydrogens is 518 g/mol. The smallest absolute Gasteiger partial charge is 0.270 e. The van der Waals surface area contributed by atoms with Gasteiger partial charge in [0.05, 0.1) is 17.2 Å². The molecule has 0 radical (unpaired) electrons. The number of ketones is 1. The molecule has 0 saturated carbocycles. The zero-order valence-electron chi connectivity index (χ0n) is 15.4. The minimum atomic E-state index is -0.517. The van der Waals surface area contributed by atoms with Crippen LogP contribution in [-0.4, -0.2) is 23.2 Å². The number of halogens is 2. The molecule has 1 amide bonds. The van der Waals surface area contributed by atoms with Gasteiger partial charge in [0.25, 0.3) is 5.69 Å². The summed E-state index contributed by atoms with van der Waals surface area (Å²) in [5.41, 5.74) is 1.81. The van der Waals surface area contributed by atoms with E-state index in [4.69, 9.17) is 0 Å². The van der Waals surface area contributed by atoms with Crippen LogP contribution in [0.4, 0.5) is 17.1 Å². The number of carbonyl (C=O) groups is 2. The minimum Gasteiger partial charge on any atom is -0.376 e. The summed E-state index contributed by atoms with van der Waals surface area (Å²) in [5, 5.41) is 16.5. The molecule has 0 fully saturated rings. The molecule has 3 rings (SSSR count). The Labute approximate surface area is 188 Å². The lowest BCUT2D eigenvalue weighted by Gasteiger charge is -2.13. The Morgan fingerprint density at radius 2 is 1.63 bits per heavy atom. The normalized spacial score (nSPS) is 10.3. The second-order valence-corrected chi connectivity index (χ2v) is 7.98. The van der Waals surface area contributed by atoms with E-state index in [1.807, 2.05) is 6.07 Å². The number of nitro groups is 1. The predicted octanol–water partition coefficient (Wildman–Crippen LogP) is 5.40. The molecule has 0 aliphatic carbocycles. The summed E-state index contributed by atoms with van der Waals surface area (Å²) in [6.45, 7) is -0.0971. The topological polar surface area (TPSA) is 101 Å². The van der Waals surface area contributed by atoms with Gasteiger partial charge < -0.3 is 10.6 Å². The molecule has 7 nitrogen and oxygen atoms in total. The van der Waals surface area contributed by atoms with E-state index < -0.39 is 4.92 Å². The number of hydrogen-bond acceptors (Lipinski definition) is 5. The first-order valence-electron chi connectivity index (χ1n) is 8.72. The fourth-order valence-corrected chi connectivity index (χ4v) is 3.52. The highest BCUT2D eigenvalue weighted by molar-refractivity contribution is 9.10. The lowest BCUT2D eigenvalue weighted by Crippen LogP contribution is -2.23. The number of non-ortho nitro benzene ring substituents is 1. The van der Waals surface area contributed by atoms with Crippen LogP contribution < -0.4 is 10.6 Å². The molecule has 0 unspecified atom stereocenters. The van der Waals surface area contributed by atoms with Crippen LogP contribution in [0.3, 0.4) is 0 Å². The van der Waals surface area contributed by atoms with Crippen molar-refractivity contribution in [3.8, 4) is 0 Å². The number of anilines is 2. The van der Waals surface area contributed by atoms with Crippen molar-refractivity contribution in [2.45, 2.75) is 0 Å². The van der Waals surface area contributed by atoms with Crippen molar-refractivity contribution >= 4 is 60.6 Å². The summed E-state index contributed by atoms with van der Waals surface area (Å²) in [5.74, 6) is -0.538. The first kappa shape index (κ1) is 21.7.